The summed E-state index contributed by atoms with van der Waals surface area (Å²) in [6.45, 7) is 2.90. The fraction of sp³-hybridized carbons (Fsp3) is 0.250. The third-order valence-electron chi connectivity index (χ3n) is 3.13. The predicted octanol–water partition coefficient (Wildman–Crippen LogP) is 4.70. The van der Waals surface area contributed by atoms with Gasteiger partial charge < -0.3 is 10.1 Å². The van der Waals surface area contributed by atoms with Crippen molar-refractivity contribution in [3.63, 3.8) is 0 Å². The van der Waals surface area contributed by atoms with Crippen LogP contribution in [-0.2, 0) is 0 Å². The summed E-state index contributed by atoms with van der Waals surface area (Å²) in [5.41, 5.74) is 2.10. The highest BCUT2D eigenvalue weighted by atomic mass is 35.5. The van der Waals surface area contributed by atoms with Crippen LogP contribution in [0.3, 0.4) is 0 Å². The van der Waals surface area contributed by atoms with E-state index in [4.69, 9.17) is 27.9 Å². The number of hydrogen-bond acceptors (Lipinski definition) is 2. The Morgan fingerprint density at radius 1 is 1.10 bits per heavy atom. The smallest absolute Gasteiger partial charge is 0.137 e. The van der Waals surface area contributed by atoms with Crippen molar-refractivity contribution in [2.45, 2.75) is 13.0 Å². The SMILES string of the molecule is CCNC(c1ccc(OC)c(Cl)c1)c1ccccc1Cl. The van der Waals surface area contributed by atoms with Gasteiger partial charge in [-0.3, -0.25) is 0 Å². The van der Waals surface area contributed by atoms with E-state index in [9.17, 15) is 0 Å². The van der Waals surface area contributed by atoms with Gasteiger partial charge in [0, 0.05) is 5.02 Å². The van der Waals surface area contributed by atoms with Gasteiger partial charge in [0.2, 0.25) is 0 Å². The molecule has 20 heavy (non-hydrogen) atoms. The maximum atomic E-state index is 6.31. The molecule has 1 N–H and O–H groups in total. The fourth-order valence-electron chi connectivity index (χ4n) is 2.18. The van der Waals surface area contributed by atoms with Crippen LogP contribution >= 0.6 is 23.2 Å². The second-order valence-electron chi connectivity index (χ2n) is 4.41. The van der Waals surface area contributed by atoms with Gasteiger partial charge in [0.15, 0.2) is 0 Å². The predicted molar refractivity (Wildman–Crippen MR) is 85.0 cm³/mol. The minimum absolute atomic E-state index is 0.0112. The van der Waals surface area contributed by atoms with Crippen molar-refractivity contribution in [1.29, 1.82) is 0 Å². The molecular formula is C16H17Cl2NO. The first-order valence-corrected chi connectivity index (χ1v) is 7.24. The largest absolute Gasteiger partial charge is 0.495 e. The molecule has 1 unspecified atom stereocenters. The molecule has 2 aromatic carbocycles. The van der Waals surface area contributed by atoms with Crippen LogP contribution < -0.4 is 10.1 Å². The lowest BCUT2D eigenvalue weighted by Gasteiger charge is -2.21. The zero-order valence-corrected chi connectivity index (χ0v) is 13.0. The number of methoxy groups -OCH3 is 1. The zero-order valence-electron chi connectivity index (χ0n) is 11.5. The van der Waals surface area contributed by atoms with E-state index in [0.717, 1.165) is 22.7 Å². The molecule has 0 aromatic heterocycles. The molecule has 106 valence electrons. The third-order valence-corrected chi connectivity index (χ3v) is 3.77. The Hall–Kier alpha value is -1.22. The van der Waals surface area contributed by atoms with Crippen LogP contribution in [0.1, 0.15) is 24.1 Å². The van der Waals surface area contributed by atoms with Crippen LogP contribution in [0.5, 0.6) is 5.75 Å². The van der Waals surface area contributed by atoms with Crippen molar-refractivity contribution in [2.24, 2.45) is 0 Å². The Labute approximate surface area is 129 Å². The number of halogens is 2. The van der Waals surface area contributed by atoms with Gasteiger partial charge in [-0.15, -0.1) is 0 Å². The van der Waals surface area contributed by atoms with Crippen molar-refractivity contribution >= 4 is 23.2 Å². The molecule has 0 aliphatic heterocycles. The summed E-state index contributed by atoms with van der Waals surface area (Å²) in [5.74, 6) is 0.671. The molecule has 0 amide bonds. The summed E-state index contributed by atoms with van der Waals surface area (Å²) in [5, 5.41) is 4.78. The molecule has 0 spiro atoms. The third kappa shape index (κ3) is 3.26. The minimum Gasteiger partial charge on any atom is -0.495 e. The summed E-state index contributed by atoms with van der Waals surface area (Å²) in [7, 11) is 1.61. The highest BCUT2D eigenvalue weighted by Crippen LogP contribution is 2.32. The van der Waals surface area contributed by atoms with Crippen LogP contribution in [0, 0.1) is 0 Å². The monoisotopic (exact) mass is 309 g/mol. The number of benzene rings is 2. The van der Waals surface area contributed by atoms with Crippen LogP contribution in [0.2, 0.25) is 10.0 Å². The molecule has 0 saturated heterocycles. The first-order valence-electron chi connectivity index (χ1n) is 6.48. The van der Waals surface area contributed by atoms with Crippen LogP contribution in [0.15, 0.2) is 42.5 Å². The highest BCUT2D eigenvalue weighted by molar-refractivity contribution is 6.32. The average Bonchev–Trinajstić information content (AvgIpc) is 2.46. The van der Waals surface area contributed by atoms with Crippen molar-refractivity contribution < 1.29 is 4.74 Å². The Bertz CT molecular complexity index is 586. The van der Waals surface area contributed by atoms with Crippen LogP contribution in [-0.4, -0.2) is 13.7 Å². The lowest BCUT2D eigenvalue weighted by Crippen LogP contribution is -2.22. The van der Waals surface area contributed by atoms with E-state index in [-0.39, 0.29) is 6.04 Å². The minimum atomic E-state index is 0.0112. The molecule has 1 atom stereocenters. The van der Waals surface area contributed by atoms with E-state index in [2.05, 4.69) is 12.2 Å². The fourth-order valence-corrected chi connectivity index (χ4v) is 2.69. The van der Waals surface area contributed by atoms with Gasteiger partial charge in [0.25, 0.3) is 0 Å². The maximum absolute atomic E-state index is 6.31. The van der Waals surface area contributed by atoms with E-state index < -0.39 is 0 Å². The van der Waals surface area contributed by atoms with Gasteiger partial charge in [0.05, 0.1) is 18.2 Å². The van der Waals surface area contributed by atoms with E-state index in [1.54, 1.807) is 7.11 Å². The van der Waals surface area contributed by atoms with Crippen molar-refractivity contribution in [3.8, 4) is 5.75 Å². The number of hydrogen-bond donors (Lipinski definition) is 1. The molecule has 0 aliphatic rings. The lowest BCUT2D eigenvalue weighted by molar-refractivity contribution is 0.414. The van der Waals surface area contributed by atoms with Crippen molar-refractivity contribution in [1.82, 2.24) is 5.32 Å². The van der Waals surface area contributed by atoms with Gasteiger partial charge in [-0.1, -0.05) is 54.4 Å². The second-order valence-corrected chi connectivity index (χ2v) is 5.22. The molecule has 0 bridgehead atoms. The Balaban J connectivity index is 2.43. The van der Waals surface area contributed by atoms with E-state index in [1.165, 1.54) is 0 Å². The van der Waals surface area contributed by atoms with Gasteiger partial charge in [0.1, 0.15) is 5.75 Å². The first-order chi connectivity index (χ1) is 9.67. The maximum Gasteiger partial charge on any atom is 0.137 e. The van der Waals surface area contributed by atoms with Gasteiger partial charge in [-0.05, 0) is 35.9 Å². The van der Waals surface area contributed by atoms with Gasteiger partial charge in [-0.25, -0.2) is 0 Å². The van der Waals surface area contributed by atoms with Gasteiger partial charge >= 0.3 is 0 Å². The molecule has 2 nitrogen and oxygen atoms in total. The number of ether oxygens (including phenoxy) is 1. The van der Waals surface area contributed by atoms with E-state index in [1.807, 2.05) is 42.5 Å². The highest BCUT2D eigenvalue weighted by Gasteiger charge is 2.17. The molecule has 0 aliphatic carbocycles. The standard InChI is InChI=1S/C16H17Cl2NO/c1-3-19-16(12-6-4-5-7-13(12)17)11-8-9-15(20-2)14(18)10-11/h4-10,16,19H,3H2,1-2H3. The second kappa shape index (κ2) is 6.98. The lowest BCUT2D eigenvalue weighted by atomic mass is 9.98. The summed E-state index contributed by atoms with van der Waals surface area (Å²) in [6.07, 6.45) is 0. The van der Waals surface area contributed by atoms with E-state index in [0.29, 0.717) is 10.8 Å². The Morgan fingerprint density at radius 3 is 2.45 bits per heavy atom. The zero-order chi connectivity index (χ0) is 14.5. The van der Waals surface area contributed by atoms with Crippen LogP contribution in [0.25, 0.3) is 0 Å². The Morgan fingerprint density at radius 2 is 1.85 bits per heavy atom. The molecule has 0 fully saturated rings. The average molecular weight is 310 g/mol. The first kappa shape index (κ1) is 15.2. The molecule has 4 heteroatoms. The summed E-state index contributed by atoms with van der Waals surface area (Å²) in [4.78, 5) is 0. The molecule has 2 aromatic rings. The van der Waals surface area contributed by atoms with Crippen molar-refractivity contribution in [2.75, 3.05) is 13.7 Å². The number of rotatable bonds is 5. The number of nitrogens with one attached hydrogen (secondary N) is 1. The molecule has 0 saturated carbocycles. The molecule has 2 rings (SSSR count). The molecule has 0 heterocycles. The van der Waals surface area contributed by atoms with Gasteiger partial charge in [-0.2, -0.15) is 0 Å². The van der Waals surface area contributed by atoms with Crippen molar-refractivity contribution in [3.05, 3.63) is 63.6 Å². The summed E-state index contributed by atoms with van der Waals surface area (Å²) in [6, 6.07) is 13.6. The van der Waals surface area contributed by atoms with E-state index >= 15 is 0 Å². The normalized spacial score (nSPS) is 12.2. The quantitative estimate of drug-likeness (QED) is 0.864. The molecular weight excluding hydrogens is 293 g/mol. The topological polar surface area (TPSA) is 21.3 Å². The summed E-state index contributed by atoms with van der Waals surface area (Å²) >= 11 is 12.5. The molecule has 0 radical (unpaired) electrons. The van der Waals surface area contributed by atoms with Crippen LogP contribution in [0.4, 0.5) is 0 Å². The summed E-state index contributed by atoms with van der Waals surface area (Å²) < 4.78 is 5.19. The Kier molecular flexibility index (Phi) is 5.30.